The molecule has 0 saturated heterocycles. The Labute approximate surface area is 98.0 Å². The highest BCUT2D eigenvalue weighted by Gasteiger charge is 1.99. The third kappa shape index (κ3) is 3.50. The lowest BCUT2D eigenvalue weighted by Gasteiger charge is -2.02. The Bertz CT molecular complexity index is 393. The van der Waals surface area contributed by atoms with Gasteiger partial charge in [-0.05, 0) is 29.7 Å². The van der Waals surface area contributed by atoms with Crippen molar-refractivity contribution in [3.8, 4) is 6.07 Å². The summed E-state index contributed by atoms with van der Waals surface area (Å²) in [5.74, 6) is 0. The van der Waals surface area contributed by atoms with Crippen molar-refractivity contribution in [1.82, 2.24) is 0 Å². The van der Waals surface area contributed by atoms with E-state index in [0.29, 0.717) is 12.0 Å². The molecule has 0 unspecified atom stereocenters. The molecule has 0 amide bonds. The van der Waals surface area contributed by atoms with E-state index in [0.717, 1.165) is 16.5 Å². The maximum Gasteiger partial charge on any atom is 0.0991 e. The lowest BCUT2D eigenvalue weighted by atomic mass is 10.0. The molecule has 0 radical (unpaired) electrons. The molecule has 1 rings (SSSR count). The topological polar surface area (TPSA) is 44.0 Å². The number of hydrogen-bond donors (Lipinski definition) is 1. The minimum atomic E-state index is 0.151. The van der Waals surface area contributed by atoms with Crippen LogP contribution in [0.1, 0.15) is 23.1 Å². The number of hydrogen-bond acceptors (Lipinski definition) is 2. The zero-order chi connectivity index (χ0) is 11.1. The van der Waals surface area contributed by atoms with Gasteiger partial charge in [-0.2, -0.15) is 5.26 Å². The first-order valence-corrected chi connectivity index (χ1v) is 5.80. The monoisotopic (exact) mass is 265 g/mol. The molecule has 0 aliphatic heterocycles. The van der Waals surface area contributed by atoms with Gasteiger partial charge in [0.15, 0.2) is 0 Å². The molecule has 1 aromatic rings. The molecule has 15 heavy (non-hydrogen) atoms. The van der Waals surface area contributed by atoms with Gasteiger partial charge in [-0.3, -0.25) is 0 Å². The standard InChI is InChI=1S/C12H12BrNO/c13-8-12-5-4-10(9-14)7-11(12)3-1-2-6-15/h1,3-5,7,15H,2,6,8H2. The number of aliphatic hydroxyl groups excluding tert-OH is 1. The molecule has 0 aliphatic carbocycles. The highest BCUT2D eigenvalue weighted by Crippen LogP contribution is 2.16. The lowest BCUT2D eigenvalue weighted by Crippen LogP contribution is -1.86. The van der Waals surface area contributed by atoms with Gasteiger partial charge in [0, 0.05) is 11.9 Å². The summed E-state index contributed by atoms with van der Waals surface area (Å²) in [6.07, 6.45) is 4.48. The van der Waals surface area contributed by atoms with Crippen LogP contribution in [-0.4, -0.2) is 11.7 Å². The van der Waals surface area contributed by atoms with Crippen molar-refractivity contribution in [1.29, 1.82) is 5.26 Å². The molecule has 3 heteroatoms. The van der Waals surface area contributed by atoms with Crippen molar-refractivity contribution in [2.75, 3.05) is 6.61 Å². The number of alkyl halides is 1. The molecule has 0 heterocycles. The van der Waals surface area contributed by atoms with Crippen LogP contribution in [0.2, 0.25) is 0 Å². The largest absolute Gasteiger partial charge is 0.396 e. The summed E-state index contributed by atoms with van der Waals surface area (Å²) in [5.41, 5.74) is 2.82. The predicted molar refractivity (Wildman–Crippen MR) is 64.5 cm³/mol. The van der Waals surface area contributed by atoms with E-state index in [-0.39, 0.29) is 6.61 Å². The minimum Gasteiger partial charge on any atom is -0.396 e. The Morgan fingerprint density at radius 1 is 1.47 bits per heavy atom. The summed E-state index contributed by atoms with van der Waals surface area (Å²) in [6.45, 7) is 0.151. The molecular weight excluding hydrogens is 254 g/mol. The first kappa shape index (κ1) is 12.0. The zero-order valence-corrected chi connectivity index (χ0v) is 9.87. The Morgan fingerprint density at radius 3 is 2.87 bits per heavy atom. The van der Waals surface area contributed by atoms with E-state index < -0.39 is 0 Å². The van der Waals surface area contributed by atoms with Crippen molar-refractivity contribution < 1.29 is 5.11 Å². The Hall–Kier alpha value is -1.11. The second-order valence-corrected chi connectivity index (χ2v) is 3.63. The fourth-order valence-corrected chi connectivity index (χ4v) is 1.74. The van der Waals surface area contributed by atoms with E-state index in [1.807, 2.05) is 24.3 Å². The molecule has 0 fully saturated rings. The molecule has 2 nitrogen and oxygen atoms in total. The SMILES string of the molecule is N#Cc1ccc(CBr)c(C=CCCO)c1. The van der Waals surface area contributed by atoms with Crippen LogP contribution in [-0.2, 0) is 5.33 Å². The second kappa shape index (κ2) is 6.39. The van der Waals surface area contributed by atoms with E-state index in [1.54, 1.807) is 6.07 Å². The summed E-state index contributed by atoms with van der Waals surface area (Å²) in [4.78, 5) is 0. The molecule has 0 atom stereocenters. The van der Waals surface area contributed by atoms with Gasteiger partial charge in [0.05, 0.1) is 11.6 Å². The van der Waals surface area contributed by atoms with Crippen LogP contribution in [0, 0.1) is 11.3 Å². The zero-order valence-electron chi connectivity index (χ0n) is 8.28. The fourth-order valence-electron chi connectivity index (χ4n) is 1.23. The minimum absolute atomic E-state index is 0.151. The predicted octanol–water partition coefficient (Wildman–Crippen LogP) is 2.85. The normalized spacial score (nSPS) is 10.5. The second-order valence-electron chi connectivity index (χ2n) is 3.07. The van der Waals surface area contributed by atoms with Gasteiger partial charge in [0.2, 0.25) is 0 Å². The first-order valence-electron chi connectivity index (χ1n) is 4.68. The van der Waals surface area contributed by atoms with Crippen molar-refractivity contribution in [2.24, 2.45) is 0 Å². The van der Waals surface area contributed by atoms with Gasteiger partial charge in [0.25, 0.3) is 0 Å². The van der Waals surface area contributed by atoms with E-state index in [4.69, 9.17) is 10.4 Å². The van der Waals surface area contributed by atoms with Crippen LogP contribution in [0.3, 0.4) is 0 Å². The van der Waals surface area contributed by atoms with E-state index in [1.165, 1.54) is 0 Å². The van der Waals surface area contributed by atoms with Crippen LogP contribution in [0.15, 0.2) is 24.3 Å². The molecule has 78 valence electrons. The molecule has 0 saturated carbocycles. The fraction of sp³-hybridized carbons (Fsp3) is 0.250. The summed E-state index contributed by atoms with van der Waals surface area (Å²) >= 11 is 3.40. The highest BCUT2D eigenvalue weighted by molar-refractivity contribution is 9.08. The van der Waals surface area contributed by atoms with Gasteiger partial charge >= 0.3 is 0 Å². The lowest BCUT2D eigenvalue weighted by molar-refractivity contribution is 0.303. The van der Waals surface area contributed by atoms with Gasteiger partial charge in [-0.1, -0.05) is 34.1 Å². The Kier molecular flexibility index (Phi) is 5.09. The molecule has 0 aliphatic rings. The van der Waals surface area contributed by atoms with Crippen LogP contribution < -0.4 is 0 Å². The van der Waals surface area contributed by atoms with Gasteiger partial charge < -0.3 is 5.11 Å². The van der Waals surface area contributed by atoms with Gasteiger partial charge in [-0.15, -0.1) is 0 Å². The summed E-state index contributed by atoms with van der Waals surface area (Å²) in [5, 5.41) is 18.2. The van der Waals surface area contributed by atoms with Crippen LogP contribution in [0.4, 0.5) is 0 Å². The van der Waals surface area contributed by atoms with E-state index >= 15 is 0 Å². The number of benzene rings is 1. The summed E-state index contributed by atoms with van der Waals surface area (Å²) in [7, 11) is 0. The molecule has 1 aromatic carbocycles. The third-order valence-electron chi connectivity index (χ3n) is 2.01. The average Bonchev–Trinajstić information content (AvgIpc) is 2.29. The maximum absolute atomic E-state index is 8.77. The quantitative estimate of drug-likeness (QED) is 0.851. The van der Waals surface area contributed by atoms with E-state index in [9.17, 15) is 0 Å². The molecule has 0 aromatic heterocycles. The summed E-state index contributed by atoms with van der Waals surface area (Å²) in [6, 6.07) is 7.70. The van der Waals surface area contributed by atoms with Crippen molar-refractivity contribution in [3.63, 3.8) is 0 Å². The van der Waals surface area contributed by atoms with Crippen molar-refractivity contribution in [3.05, 3.63) is 41.0 Å². The number of halogens is 1. The molecule has 0 bridgehead atoms. The van der Waals surface area contributed by atoms with Crippen molar-refractivity contribution in [2.45, 2.75) is 11.8 Å². The van der Waals surface area contributed by atoms with Crippen LogP contribution in [0.25, 0.3) is 6.08 Å². The summed E-state index contributed by atoms with van der Waals surface area (Å²) < 4.78 is 0. The Balaban J connectivity index is 2.97. The number of aliphatic hydroxyl groups is 1. The molecule has 1 N–H and O–H groups in total. The smallest absolute Gasteiger partial charge is 0.0991 e. The van der Waals surface area contributed by atoms with Gasteiger partial charge in [0.1, 0.15) is 0 Å². The van der Waals surface area contributed by atoms with E-state index in [2.05, 4.69) is 22.0 Å². The first-order chi connectivity index (χ1) is 7.31. The number of rotatable bonds is 4. The average molecular weight is 266 g/mol. The van der Waals surface area contributed by atoms with Gasteiger partial charge in [-0.25, -0.2) is 0 Å². The molecule has 0 spiro atoms. The Morgan fingerprint density at radius 2 is 2.27 bits per heavy atom. The maximum atomic E-state index is 8.77. The van der Waals surface area contributed by atoms with Crippen LogP contribution >= 0.6 is 15.9 Å². The van der Waals surface area contributed by atoms with Crippen LogP contribution in [0.5, 0.6) is 0 Å². The number of nitrogens with zero attached hydrogens (tertiary/aromatic N) is 1. The highest BCUT2D eigenvalue weighted by atomic mass is 79.9. The third-order valence-corrected chi connectivity index (χ3v) is 2.62. The molecular formula is C12H12BrNO. The number of nitriles is 1. The van der Waals surface area contributed by atoms with Crippen molar-refractivity contribution >= 4 is 22.0 Å².